The number of benzene rings is 1. The quantitative estimate of drug-likeness (QED) is 0.260. The van der Waals surface area contributed by atoms with E-state index in [1.54, 1.807) is 57.3 Å². The summed E-state index contributed by atoms with van der Waals surface area (Å²) in [4.78, 5) is 35.9. The zero-order valence-corrected chi connectivity index (χ0v) is 25.3. The molecule has 14 heteroatoms. The SMILES string of the molecule is CC(C)(C)OC(=O)N(CC(=O)O)c1cccc(C(N)(Cc2ccc(-c3ncc(Cl)s3)cc2)S(=O)(=O)c2ccccn2)n1. The van der Waals surface area contributed by atoms with Gasteiger partial charge in [0.15, 0.2) is 9.90 Å². The number of nitrogens with zero attached hydrogens (tertiary/aromatic N) is 4. The summed E-state index contributed by atoms with van der Waals surface area (Å²) in [6.07, 6.45) is 1.68. The number of ether oxygens (including phenoxy) is 1. The van der Waals surface area contributed by atoms with Gasteiger partial charge in [0.2, 0.25) is 9.84 Å². The number of rotatable bonds is 9. The predicted octanol–water partition coefficient (Wildman–Crippen LogP) is 4.91. The molecule has 1 amide bonds. The molecule has 0 aliphatic heterocycles. The Morgan fingerprint density at radius 3 is 2.33 bits per heavy atom. The Morgan fingerprint density at radius 2 is 1.76 bits per heavy atom. The predicted molar refractivity (Wildman–Crippen MR) is 159 cm³/mol. The van der Waals surface area contributed by atoms with Crippen LogP contribution >= 0.6 is 22.9 Å². The zero-order valence-electron chi connectivity index (χ0n) is 22.9. The first-order valence-electron chi connectivity index (χ1n) is 12.5. The van der Waals surface area contributed by atoms with Crippen LogP contribution in [0.2, 0.25) is 4.34 Å². The fourth-order valence-corrected chi connectivity index (χ4v) is 6.47. The standard InChI is InChI=1S/C28H28ClN5O6S2/c1-27(2,3)40-26(37)34(17-24(35)36)22-8-6-7-20(33-22)28(30,42(38,39)23-9-4-5-14-31-23)15-18-10-12-19(13-11-18)25-32-16-21(29)41-25/h4-14,16H,15,17,30H2,1-3H3,(H,35,36). The number of carbonyl (C=O) groups is 2. The molecule has 3 N–H and O–H groups in total. The Kier molecular flexibility index (Phi) is 8.97. The normalized spacial score (nSPS) is 13.3. The molecule has 1 unspecified atom stereocenters. The van der Waals surface area contributed by atoms with Crippen molar-refractivity contribution in [3.8, 4) is 10.6 Å². The number of aromatic nitrogens is 3. The van der Waals surface area contributed by atoms with Crippen LogP contribution in [0.3, 0.4) is 0 Å². The Bertz CT molecular complexity index is 1690. The lowest BCUT2D eigenvalue weighted by molar-refractivity contribution is -0.135. The van der Waals surface area contributed by atoms with Crippen LogP contribution in [0.1, 0.15) is 32.0 Å². The summed E-state index contributed by atoms with van der Waals surface area (Å²) in [7, 11) is -4.40. The van der Waals surface area contributed by atoms with E-state index >= 15 is 0 Å². The monoisotopic (exact) mass is 629 g/mol. The molecule has 0 bridgehead atoms. The Balaban J connectivity index is 1.81. The molecule has 0 aliphatic rings. The van der Waals surface area contributed by atoms with Crippen LogP contribution in [0.5, 0.6) is 0 Å². The highest BCUT2D eigenvalue weighted by Gasteiger charge is 2.45. The molecule has 0 saturated heterocycles. The third-order valence-corrected chi connectivity index (χ3v) is 9.16. The van der Waals surface area contributed by atoms with E-state index in [2.05, 4.69) is 15.0 Å². The van der Waals surface area contributed by atoms with E-state index in [9.17, 15) is 23.1 Å². The van der Waals surface area contributed by atoms with Gasteiger partial charge in [0.05, 0.1) is 11.9 Å². The number of nitrogens with two attached hydrogens (primary N) is 1. The second-order valence-corrected chi connectivity index (χ2v) is 14.1. The van der Waals surface area contributed by atoms with E-state index in [0.29, 0.717) is 14.9 Å². The number of pyridine rings is 2. The van der Waals surface area contributed by atoms with Crippen molar-refractivity contribution >= 4 is 50.7 Å². The van der Waals surface area contributed by atoms with Crippen LogP contribution in [-0.2, 0) is 30.7 Å². The van der Waals surface area contributed by atoms with Crippen LogP contribution < -0.4 is 10.6 Å². The average Bonchev–Trinajstić information content (AvgIpc) is 3.37. The van der Waals surface area contributed by atoms with Crippen molar-refractivity contribution in [1.82, 2.24) is 15.0 Å². The summed E-state index contributed by atoms with van der Waals surface area (Å²) >= 11 is 7.32. The van der Waals surface area contributed by atoms with Crippen LogP contribution in [-0.4, -0.2) is 52.7 Å². The van der Waals surface area contributed by atoms with Crippen molar-refractivity contribution in [1.29, 1.82) is 0 Å². The molecule has 1 atom stereocenters. The highest BCUT2D eigenvalue weighted by atomic mass is 35.5. The van der Waals surface area contributed by atoms with Gasteiger partial charge < -0.3 is 15.6 Å². The third-order valence-electron chi connectivity index (χ3n) is 5.89. The number of carboxylic acids is 1. The summed E-state index contributed by atoms with van der Waals surface area (Å²) in [5.41, 5.74) is 7.08. The summed E-state index contributed by atoms with van der Waals surface area (Å²) in [5, 5.41) is 9.90. The Labute approximate surface area is 251 Å². The van der Waals surface area contributed by atoms with Gasteiger partial charge in [0.1, 0.15) is 27.3 Å². The molecule has 3 heterocycles. The van der Waals surface area contributed by atoms with Gasteiger partial charge in [-0.2, -0.15) is 0 Å². The van der Waals surface area contributed by atoms with Crippen molar-refractivity contribution in [3.63, 3.8) is 0 Å². The number of carbonyl (C=O) groups excluding carboxylic acids is 1. The van der Waals surface area contributed by atoms with Crippen LogP contribution in [0.15, 0.2) is 78.1 Å². The number of thiazole rings is 1. The van der Waals surface area contributed by atoms with E-state index in [-0.39, 0.29) is 23.0 Å². The lowest BCUT2D eigenvalue weighted by Gasteiger charge is -2.30. The van der Waals surface area contributed by atoms with Crippen molar-refractivity contribution in [2.24, 2.45) is 5.73 Å². The Morgan fingerprint density at radius 1 is 1.05 bits per heavy atom. The van der Waals surface area contributed by atoms with Crippen molar-refractivity contribution in [2.75, 3.05) is 11.4 Å². The molecule has 0 saturated carbocycles. The molecule has 4 rings (SSSR count). The molecule has 0 fully saturated rings. The molecular weight excluding hydrogens is 602 g/mol. The van der Waals surface area contributed by atoms with Gasteiger partial charge in [-0.05, 0) is 50.6 Å². The number of anilines is 1. The second kappa shape index (κ2) is 12.1. The topological polar surface area (TPSA) is 166 Å². The molecule has 3 aromatic heterocycles. The first-order chi connectivity index (χ1) is 19.7. The summed E-state index contributed by atoms with van der Waals surface area (Å²) in [5.74, 6) is -1.47. The number of aliphatic carboxylic acids is 1. The molecule has 4 aromatic rings. The smallest absolute Gasteiger partial charge is 0.416 e. The van der Waals surface area contributed by atoms with E-state index < -0.39 is 38.9 Å². The summed E-state index contributed by atoms with van der Waals surface area (Å²) < 4.78 is 34.1. The lowest BCUT2D eigenvalue weighted by Crippen LogP contribution is -2.48. The fraction of sp³-hybridized carbons (Fsp3) is 0.250. The number of halogens is 1. The first-order valence-corrected chi connectivity index (χ1v) is 15.2. The van der Waals surface area contributed by atoms with Gasteiger partial charge in [-0.1, -0.05) is 48.0 Å². The van der Waals surface area contributed by atoms with E-state index in [4.69, 9.17) is 22.1 Å². The molecule has 42 heavy (non-hydrogen) atoms. The molecular formula is C28H28ClN5O6S2. The number of sulfone groups is 1. The summed E-state index contributed by atoms with van der Waals surface area (Å²) in [6.45, 7) is 4.11. The first kappa shape index (κ1) is 31.0. The van der Waals surface area contributed by atoms with Crippen molar-refractivity contribution in [3.05, 3.63) is 88.7 Å². The lowest BCUT2D eigenvalue weighted by atomic mass is 10.0. The third kappa shape index (κ3) is 6.93. The minimum atomic E-state index is -4.40. The van der Waals surface area contributed by atoms with Crippen LogP contribution in [0, 0.1) is 0 Å². The molecule has 220 valence electrons. The maximum atomic E-state index is 14.1. The number of hydrogen-bond acceptors (Lipinski definition) is 10. The fourth-order valence-electron chi connectivity index (χ4n) is 3.97. The van der Waals surface area contributed by atoms with Gasteiger partial charge in [-0.25, -0.2) is 28.2 Å². The number of carboxylic acid groups (broad SMARTS) is 1. The molecule has 0 aliphatic carbocycles. The van der Waals surface area contributed by atoms with Gasteiger partial charge in [0, 0.05) is 18.2 Å². The summed E-state index contributed by atoms with van der Waals surface area (Å²) in [6, 6.07) is 15.7. The van der Waals surface area contributed by atoms with E-state index in [0.717, 1.165) is 10.5 Å². The highest BCUT2D eigenvalue weighted by molar-refractivity contribution is 7.92. The average molecular weight is 630 g/mol. The van der Waals surface area contributed by atoms with Crippen LogP contribution in [0.25, 0.3) is 10.6 Å². The van der Waals surface area contributed by atoms with Gasteiger partial charge in [0.25, 0.3) is 0 Å². The van der Waals surface area contributed by atoms with E-state index in [1.807, 2.05) is 0 Å². The highest BCUT2D eigenvalue weighted by Crippen LogP contribution is 2.35. The van der Waals surface area contributed by atoms with Gasteiger partial charge >= 0.3 is 12.1 Å². The maximum Gasteiger partial charge on any atom is 0.416 e. The largest absolute Gasteiger partial charge is 0.480 e. The molecule has 0 spiro atoms. The van der Waals surface area contributed by atoms with E-state index in [1.165, 1.54) is 47.9 Å². The van der Waals surface area contributed by atoms with Crippen molar-refractivity contribution in [2.45, 2.75) is 42.7 Å². The minimum Gasteiger partial charge on any atom is -0.480 e. The maximum absolute atomic E-state index is 14.1. The second-order valence-electron chi connectivity index (χ2n) is 10.2. The van der Waals surface area contributed by atoms with Crippen molar-refractivity contribution < 1.29 is 27.9 Å². The number of amides is 1. The minimum absolute atomic E-state index is 0.125. The zero-order chi connectivity index (χ0) is 30.7. The van der Waals surface area contributed by atoms with Crippen LogP contribution in [0.4, 0.5) is 10.6 Å². The molecule has 11 nitrogen and oxygen atoms in total. The number of hydrogen-bond donors (Lipinski definition) is 2. The van der Waals surface area contributed by atoms with Gasteiger partial charge in [-0.3, -0.25) is 9.69 Å². The molecule has 0 radical (unpaired) electrons. The Hall–Kier alpha value is -3.91. The molecule has 1 aromatic carbocycles. The van der Waals surface area contributed by atoms with Gasteiger partial charge in [-0.15, -0.1) is 11.3 Å².